The molecule has 0 heterocycles. The van der Waals surface area contributed by atoms with Crippen LogP contribution in [0.4, 0.5) is 10.5 Å². The molecule has 5 nitrogen and oxygen atoms in total. The zero-order chi connectivity index (χ0) is 13.8. The third kappa shape index (κ3) is 3.16. The second-order valence-electron chi connectivity index (χ2n) is 4.06. The van der Waals surface area contributed by atoms with Crippen LogP contribution in [0.1, 0.15) is 6.92 Å². The monoisotopic (exact) mass is 256 g/mol. The van der Waals surface area contributed by atoms with E-state index >= 15 is 0 Å². The molecule has 0 fully saturated rings. The predicted molar refractivity (Wildman–Crippen MR) is 70.5 cm³/mol. The summed E-state index contributed by atoms with van der Waals surface area (Å²) in [6.45, 7) is 1.53. The molecule has 0 unspecified atom stereocenters. The number of carbonyl (C=O) groups is 3. The highest BCUT2D eigenvalue weighted by atomic mass is 16.2. The standard InChI is InChI=1S/C14H12N2O3/c1-9-7-11(17)8-12(13(9)18)16-14(19)15-10-5-3-2-4-6-10/h2-8H,1H3,(H2,15,16,19). The van der Waals surface area contributed by atoms with Gasteiger partial charge < -0.3 is 10.6 Å². The van der Waals surface area contributed by atoms with Crippen molar-refractivity contribution in [3.63, 3.8) is 0 Å². The predicted octanol–water partition coefficient (Wildman–Crippen LogP) is 1.79. The van der Waals surface area contributed by atoms with Crippen LogP contribution in [-0.2, 0) is 9.59 Å². The van der Waals surface area contributed by atoms with Crippen molar-refractivity contribution < 1.29 is 14.4 Å². The Morgan fingerprint density at radius 2 is 1.68 bits per heavy atom. The Kier molecular flexibility index (Phi) is 3.56. The number of Topliss-reactive ketones (excluding diaryl/α,β-unsaturated/α-hetero) is 1. The number of para-hydroxylation sites is 1. The van der Waals surface area contributed by atoms with E-state index in [1.54, 1.807) is 24.3 Å². The van der Waals surface area contributed by atoms with E-state index in [0.29, 0.717) is 11.3 Å². The van der Waals surface area contributed by atoms with Gasteiger partial charge in [-0.15, -0.1) is 0 Å². The molecule has 5 heteroatoms. The summed E-state index contributed by atoms with van der Waals surface area (Å²) >= 11 is 0. The number of carbonyl (C=O) groups excluding carboxylic acids is 3. The lowest BCUT2D eigenvalue weighted by atomic mass is 10.0. The maximum absolute atomic E-state index is 11.7. The van der Waals surface area contributed by atoms with Gasteiger partial charge in [0.1, 0.15) is 0 Å². The maximum Gasteiger partial charge on any atom is 0.323 e. The summed E-state index contributed by atoms with van der Waals surface area (Å²) in [7, 11) is 0. The van der Waals surface area contributed by atoms with E-state index in [9.17, 15) is 14.4 Å². The van der Waals surface area contributed by atoms with Gasteiger partial charge in [0.25, 0.3) is 0 Å². The number of hydrogen-bond donors (Lipinski definition) is 2. The second-order valence-corrected chi connectivity index (χ2v) is 4.06. The highest BCUT2D eigenvalue weighted by molar-refractivity contribution is 6.21. The molecular formula is C14H12N2O3. The first kappa shape index (κ1) is 12.8. The number of allylic oxidation sites excluding steroid dienone is 3. The average molecular weight is 256 g/mol. The third-order valence-electron chi connectivity index (χ3n) is 2.53. The minimum Gasteiger partial charge on any atom is -0.308 e. The summed E-state index contributed by atoms with van der Waals surface area (Å²) in [6, 6.07) is 8.24. The summed E-state index contributed by atoms with van der Waals surface area (Å²) in [5.74, 6) is -0.671. The smallest absolute Gasteiger partial charge is 0.308 e. The van der Waals surface area contributed by atoms with Gasteiger partial charge in [-0.1, -0.05) is 18.2 Å². The fourth-order valence-electron chi connectivity index (χ4n) is 1.64. The van der Waals surface area contributed by atoms with Gasteiger partial charge in [0.05, 0.1) is 5.70 Å². The van der Waals surface area contributed by atoms with Crippen molar-refractivity contribution in [2.24, 2.45) is 0 Å². The van der Waals surface area contributed by atoms with Gasteiger partial charge in [-0.25, -0.2) is 4.79 Å². The minimum atomic E-state index is -0.562. The van der Waals surface area contributed by atoms with Crippen LogP contribution in [0.2, 0.25) is 0 Å². The molecule has 0 spiro atoms. The van der Waals surface area contributed by atoms with E-state index in [4.69, 9.17) is 0 Å². The Labute approximate surface area is 110 Å². The fraction of sp³-hybridized carbons (Fsp3) is 0.0714. The number of rotatable bonds is 2. The molecule has 0 bridgehead atoms. The third-order valence-corrected chi connectivity index (χ3v) is 2.53. The van der Waals surface area contributed by atoms with Crippen LogP contribution in [-0.4, -0.2) is 17.6 Å². The van der Waals surface area contributed by atoms with Gasteiger partial charge >= 0.3 is 6.03 Å². The van der Waals surface area contributed by atoms with E-state index in [0.717, 1.165) is 6.08 Å². The number of benzene rings is 1. The highest BCUT2D eigenvalue weighted by Crippen LogP contribution is 2.11. The van der Waals surface area contributed by atoms with Crippen LogP contribution < -0.4 is 10.6 Å². The van der Waals surface area contributed by atoms with E-state index < -0.39 is 6.03 Å². The SMILES string of the molecule is CC1=CC(=O)C=C(NC(=O)Nc2ccccc2)C1=O. The fourth-order valence-corrected chi connectivity index (χ4v) is 1.64. The first-order valence-corrected chi connectivity index (χ1v) is 5.68. The largest absolute Gasteiger partial charge is 0.323 e. The first-order valence-electron chi connectivity index (χ1n) is 5.68. The number of hydrogen-bond acceptors (Lipinski definition) is 3. The molecule has 1 aliphatic rings. The molecule has 2 N–H and O–H groups in total. The Morgan fingerprint density at radius 1 is 1.00 bits per heavy atom. The Bertz CT molecular complexity index is 600. The molecule has 2 rings (SSSR count). The van der Waals surface area contributed by atoms with Crippen molar-refractivity contribution in [2.75, 3.05) is 5.32 Å². The summed E-state index contributed by atoms with van der Waals surface area (Å²) in [6.07, 6.45) is 2.35. The molecule has 19 heavy (non-hydrogen) atoms. The number of ketones is 2. The molecule has 0 atom stereocenters. The lowest BCUT2D eigenvalue weighted by Gasteiger charge is -2.12. The molecule has 1 aromatic carbocycles. The van der Waals surface area contributed by atoms with Gasteiger partial charge in [-0.2, -0.15) is 0 Å². The topological polar surface area (TPSA) is 75.3 Å². The second kappa shape index (κ2) is 5.30. The Balaban J connectivity index is 2.04. The number of nitrogens with one attached hydrogen (secondary N) is 2. The number of amides is 2. The lowest BCUT2D eigenvalue weighted by molar-refractivity contribution is -0.115. The zero-order valence-corrected chi connectivity index (χ0v) is 10.3. The van der Waals surface area contributed by atoms with Crippen molar-refractivity contribution in [1.82, 2.24) is 5.32 Å². The summed E-state index contributed by atoms with van der Waals surface area (Å²) in [5, 5.41) is 4.94. The van der Waals surface area contributed by atoms with Crippen LogP contribution in [0.25, 0.3) is 0 Å². The highest BCUT2D eigenvalue weighted by Gasteiger charge is 2.20. The molecule has 1 aromatic rings. The number of anilines is 1. The molecule has 0 aromatic heterocycles. The number of urea groups is 1. The van der Waals surface area contributed by atoms with E-state index in [1.165, 1.54) is 13.0 Å². The molecule has 1 aliphatic carbocycles. The van der Waals surface area contributed by atoms with E-state index in [2.05, 4.69) is 10.6 Å². The maximum atomic E-state index is 11.7. The molecule has 2 amide bonds. The van der Waals surface area contributed by atoms with E-state index in [-0.39, 0.29) is 17.3 Å². The summed E-state index contributed by atoms with van der Waals surface area (Å²) < 4.78 is 0. The van der Waals surface area contributed by atoms with Gasteiger partial charge in [0.15, 0.2) is 5.78 Å². The molecule has 0 aliphatic heterocycles. The van der Waals surface area contributed by atoms with Crippen LogP contribution in [0, 0.1) is 0 Å². The van der Waals surface area contributed by atoms with Gasteiger partial charge in [0.2, 0.25) is 5.78 Å². The quantitative estimate of drug-likeness (QED) is 0.792. The summed E-state index contributed by atoms with van der Waals surface area (Å²) in [4.78, 5) is 34.7. The molecule has 0 radical (unpaired) electrons. The Hall–Kier alpha value is -2.69. The summed E-state index contributed by atoms with van der Waals surface area (Å²) in [5.41, 5.74) is 0.892. The van der Waals surface area contributed by atoms with Crippen molar-refractivity contribution in [3.8, 4) is 0 Å². The Morgan fingerprint density at radius 3 is 2.37 bits per heavy atom. The van der Waals surface area contributed by atoms with Crippen LogP contribution in [0.15, 0.2) is 53.8 Å². The molecular weight excluding hydrogens is 244 g/mol. The lowest BCUT2D eigenvalue weighted by Crippen LogP contribution is -2.33. The van der Waals surface area contributed by atoms with Crippen LogP contribution in [0.3, 0.4) is 0 Å². The molecule has 96 valence electrons. The van der Waals surface area contributed by atoms with Crippen LogP contribution in [0.5, 0.6) is 0 Å². The van der Waals surface area contributed by atoms with Gasteiger partial charge in [-0.05, 0) is 25.1 Å². The van der Waals surface area contributed by atoms with Crippen molar-refractivity contribution >= 4 is 23.3 Å². The average Bonchev–Trinajstić information content (AvgIpc) is 2.36. The normalized spacial score (nSPS) is 14.6. The van der Waals surface area contributed by atoms with Crippen molar-refractivity contribution in [1.29, 1.82) is 0 Å². The van der Waals surface area contributed by atoms with Crippen LogP contribution >= 0.6 is 0 Å². The van der Waals surface area contributed by atoms with Gasteiger partial charge in [-0.3, -0.25) is 9.59 Å². The van der Waals surface area contributed by atoms with Crippen molar-refractivity contribution in [2.45, 2.75) is 6.92 Å². The van der Waals surface area contributed by atoms with E-state index in [1.807, 2.05) is 6.07 Å². The molecule has 0 saturated carbocycles. The van der Waals surface area contributed by atoms with Crippen molar-refractivity contribution in [3.05, 3.63) is 53.8 Å². The first-order chi connectivity index (χ1) is 9.06. The zero-order valence-electron chi connectivity index (χ0n) is 10.3. The molecule has 0 saturated heterocycles. The minimum absolute atomic E-state index is 0.0153. The van der Waals surface area contributed by atoms with Gasteiger partial charge in [0, 0.05) is 17.3 Å².